The van der Waals surface area contributed by atoms with Gasteiger partial charge in [0.25, 0.3) is 0 Å². The first kappa shape index (κ1) is 19.2. The number of amides is 1. The topological polar surface area (TPSA) is 37.3 Å². The van der Waals surface area contributed by atoms with Crippen LogP contribution in [-0.2, 0) is 17.8 Å². The van der Waals surface area contributed by atoms with Crippen molar-refractivity contribution in [3.8, 4) is 0 Å². The molecule has 1 amide bonds. The second-order valence-electron chi connectivity index (χ2n) is 9.90. The van der Waals surface area contributed by atoms with Crippen LogP contribution in [0.15, 0.2) is 24.4 Å². The van der Waals surface area contributed by atoms with Crippen molar-refractivity contribution < 1.29 is 4.79 Å². The van der Waals surface area contributed by atoms with Crippen LogP contribution in [0.4, 0.5) is 0 Å². The molecule has 0 bridgehead atoms. The third-order valence-corrected chi connectivity index (χ3v) is 8.00. The van der Waals surface area contributed by atoms with Gasteiger partial charge in [0.05, 0.1) is 5.92 Å². The third-order valence-electron chi connectivity index (χ3n) is 8.00. The van der Waals surface area contributed by atoms with Crippen molar-refractivity contribution in [2.45, 2.75) is 76.9 Å². The highest BCUT2D eigenvalue weighted by Gasteiger charge is 2.42. The van der Waals surface area contributed by atoms with Crippen LogP contribution in [0.5, 0.6) is 0 Å². The lowest BCUT2D eigenvalue weighted by Gasteiger charge is -2.45. The average molecular weight is 394 g/mol. The molecule has 2 aliphatic carbocycles. The van der Waals surface area contributed by atoms with Crippen molar-refractivity contribution in [1.29, 1.82) is 0 Å². The van der Waals surface area contributed by atoms with Gasteiger partial charge >= 0.3 is 0 Å². The maximum absolute atomic E-state index is 13.2. The van der Waals surface area contributed by atoms with Crippen molar-refractivity contribution in [3.63, 3.8) is 0 Å². The van der Waals surface area contributed by atoms with E-state index in [0.29, 0.717) is 23.9 Å². The maximum atomic E-state index is 13.2. The molecule has 29 heavy (non-hydrogen) atoms. The number of aryl methyl sites for hydroxylation is 1. The van der Waals surface area contributed by atoms with Crippen LogP contribution in [0.3, 0.4) is 0 Å². The Morgan fingerprint density at radius 2 is 2.00 bits per heavy atom. The molecule has 1 aromatic carbocycles. The lowest BCUT2D eigenvalue weighted by atomic mass is 9.72. The van der Waals surface area contributed by atoms with E-state index in [1.54, 1.807) is 0 Å². The van der Waals surface area contributed by atoms with E-state index in [2.05, 4.69) is 60.1 Å². The summed E-state index contributed by atoms with van der Waals surface area (Å²) < 4.78 is 2.39. The van der Waals surface area contributed by atoms with Crippen molar-refractivity contribution in [1.82, 2.24) is 14.8 Å². The van der Waals surface area contributed by atoms with E-state index in [1.165, 1.54) is 34.9 Å². The Kier molecular flexibility index (Phi) is 4.93. The second-order valence-corrected chi connectivity index (χ2v) is 9.90. The molecule has 0 spiro atoms. The molecule has 1 saturated carbocycles. The number of benzene rings is 1. The predicted molar refractivity (Wildman–Crippen MR) is 118 cm³/mol. The zero-order valence-electron chi connectivity index (χ0n) is 18.2. The van der Waals surface area contributed by atoms with Gasteiger partial charge in [0.15, 0.2) is 0 Å². The van der Waals surface area contributed by atoms with Crippen LogP contribution in [0.2, 0.25) is 0 Å². The minimum atomic E-state index is 0.102. The zero-order chi connectivity index (χ0) is 20.1. The van der Waals surface area contributed by atoms with E-state index in [0.717, 1.165) is 44.7 Å². The van der Waals surface area contributed by atoms with Gasteiger partial charge < -0.3 is 14.8 Å². The van der Waals surface area contributed by atoms with Gasteiger partial charge in [-0.05, 0) is 75.6 Å². The highest BCUT2D eigenvalue weighted by atomic mass is 16.2. The fourth-order valence-corrected chi connectivity index (χ4v) is 6.29. The van der Waals surface area contributed by atoms with Crippen LogP contribution < -0.4 is 5.32 Å². The largest absolute Gasteiger partial charge is 0.353 e. The lowest BCUT2D eigenvalue weighted by Crippen LogP contribution is -2.52. The minimum Gasteiger partial charge on any atom is -0.353 e. The van der Waals surface area contributed by atoms with Crippen LogP contribution in [0.1, 0.15) is 63.0 Å². The molecule has 1 aromatic heterocycles. The zero-order valence-corrected chi connectivity index (χ0v) is 18.2. The molecule has 1 N–H and O–H groups in total. The van der Waals surface area contributed by atoms with Gasteiger partial charge in [-0.2, -0.15) is 0 Å². The molecule has 5 rings (SSSR count). The van der Waals surface area contributed by atoms with E-state index >= 15 is 0 Å². The number of aromatic nitrogens is 1. The molecular formula is C25H35N3O. The standard InChI is InChI=1S/C25H35N3O/c1-4-28-15-17-13-23-21(20-6-5-7-22(28)24(17)20)12-18(14-27(23)3)25(29)26-19-10-8-16(2)9-11-19/h5-7,15-16,18-19,21,23H,4,8-14H2,1-3H3,(H,26,29)/t16?,18-,19?,21-,23-/m1/s1. The second kappa shape index (κ2) is 7.46. The van der Waals surface area contributed by atoms with Gasteiger partial charge in [-0.25, -0.2) is 0 Å². The molecule has 1 saturated heterocycles. The molecule has 3 atom stereocenters. The van der Waals surface area contributed by atoms with Crippen molar-refractivity contribution in [2.24, 2.45) is 11.8 Å². The first-order valence-corrected chi connectivity index (χ1v) is 11.7. The number of likely N-dealkylation sites (N-methyl/N-ethyl adjacent to an activating group) is 1. The number of fused-ring (bicyclic) bond motifs is 2. The molecule has 4 heteroatoms. The van der Waals surface area contributed by atoms with Gasteiger partial charge in [-0.15, -0.1) is 0 Å². The van der Waals surface area contributed by atoms with Gasteiger partial charge in [-0.1, -0.05) is 19.1 Å². The van der Waals surface area contributed by atoms with Crippen molar-refractivity contribution >= 4 is 16.8 Å². The van der Waals surface area contributed by atoms with Crippen LogP contribution >= 0.6 is 0 Å². The molecule has 156 valence electrons. The number of carbonyl (C=O) groups excluding carboxylic acids is 1. The number of piperidine rings is 1. The molecular weight excluding hydrogens is 358 g/mol. The van der Waals surface area contributed by atoms with Crippen LogP contribution in [0, 0.1) is 11.8 Å². The normalized spacial score (nSPS) is 32.2. The van der Waals surface area contributed by atoms with E-state index in [9.17, 15) is 4.79 Å². The Labute approximate surface area is 174 Å². The summed E-state index contributed by atoms with van der Waals surface area (Å²) in [6, 6.07) is 7.69. The molecule has 0 unspecified atom stereocenters. The Bertz CT molecular complexity index is 908. The number of likely N-dealkylation sites (tertiary alicyclic amines) is 1. The number of rotatable bonds is 3. The van der Waals surface area contributed by atoms with Crippen LogP contribution in [0.25, 0.3) is 10.9 Å². The smallest absolute Gasteiger partial charge is 0.224 e. The summed E-state index contributed by atoms with van der Waals surface area (Å²) in [4.78, 5) is 15.6. The Hall–Kier alpha value is -1.81. The third kappa shape index (κ3) is 3.30. The van der Waals surface area contributed by atoms with E-state index in [-0.39, 0.29) is 5.92 Å². The molecule has 2 heterocycles. The maximum Gasteiger partial charge on any atom is 0.224 e. The van der Waals surface area contributed by atoms with E-state index < -0.39 is 0 Å². The molecule has 4 nitrogen and oxygen atoms in total. The number of nitrogens with one attached hydrogen (secondary N) is 1. The highest BCUT2D eigenvalue weighted by molar-refractivity contribution is 5.89. The average Bonchev–Trinajstić information content (AvgIpc) is 3.09. The first-order chi connectivity index (χ1) is 14.0. The number of nitrogens with zero attached hydrogens (tertiary/aromatic N) is 2. The van der Waals surface area contributed by atoms with Crippen molar-refractivity contribution in [3.05, 3.63) is 35.5 Å². The SMILES string of the molecule is CCn1cc2c3c(cccc31)[C@H]1C[C@@H](C(=O)NC3CCC(C)CC3)CN(C)[C@@H]1C2. The Morgan fingerprint density at radius 3 is 2.76 bits per heavy atom. The van der Waals surface area contributed by atoms with Crippen molar-refractivity contribution in [2.75, 3.05) is 13.6 Å². The van der Waals surface area contributed by atoms with Gasteiger partial charge in [0, 0.05) is 48.2 Å². The van der Waals surface area contributed by atoms with Gasteiger partial charge in [0.2, 0.25) is 5.91 Å². The lowest BCUT2D eigenvalue weighted by molar-refractivity contribution is -0.128. The molecule has 1 aliphatic heterocycles. The Morgan fingerprint density at radius 1 is 1.21 bits per heavy atom. The summed E-state index contributed by atoms with van der Waals surface area (Å²) in [5.74, 6) is 1.67. The fourth-order valence-electron chi connectivity index (χ4n) is 6.29. The molecule has 2 aromatic rings. The van der Waals surface area contributed by atoms with E-state index in [4.69, 9.17) is 0 Å². The Balaban J connectivity index is 1.39. The molecule has 2 fully saturated rings. The fraction of sp³-hybridized carbons (Fsp3) is 0.640. The summed E-state index contributed by atoms with van der Waals surface area (Å²) in [6.45, 7) is 6.45. The summed E-state index contributed by atoms with van der Waals surface area (Å²) in [5.41, 5.74) is 4.32. The predicted octanol–water partition coefficient (Wildman–Crippen LogP) is 4.32. The quantitative estimate of drug-likeness (QED) is 0.843. The highest BCUT2D eigenvalue weighted by Crippen LogP contribution is 2.45. The summed E-state index contributed by atoms with van der Waals surface area (Å²) >= 11 is 0. The minimum absolute atomic E-state index is 0.102. The first-order valence-electron chi connectivity index (χ1n) is 11.7. The number of carbonyl (C=O) groups is 1. The summed E-state index contributed by atoms with van der Waals surface area (Å²) in [7, 11) is 2.22. The number of hydrogen-bond donors (Lipinski definition) is 1. The van der Waals surface area contributed by atoms with E-state index in [1.807, 2.05) is 0 Å². The monoisotopic (exact) mass is 393 g/mol. The molecule has 0 radical (unpaired) electrons. The van der Waals surface area contributed by atoms with Crippen LogP contribution in [-0.4, -0.2) is 41.1 Å². The summed E-state index contributed by atoms with van der Waals surface area (Å²) in [6.07, 6.45) is 9.25. The number of hydrogen-bond acceptors (Lipinski definition) is 2. The van der Waals surface area contributed by atoms with Gasteiger partial charge in [0.1, 0.15) is 0 Å². The van der Waals surface area contributed by atoms with Gasteiger partial charge in [-0.3, -0.25) is 4.79 Å². The molecule has 3 aliphatic rings. The summed E-state index contributed by atoms with van der Waals surface area (Å²) in [5, 5.41) is 4.88.